The number of aryl methyl sites for hydroxylation is 3. The molecule has 0 radical (unpaired) electrons. The molecule has 120 valence electrons. The van der Waals surface area contributed by atoms with E-state index in [2.05, 4.69) is 10.3 Å². The van der Waals surface area contributed by atoms with E-state index in [9.17, 15) is 9.90 Å². The zero-order valence-electron chi connectivity index (χ0n) is 13.2. The van der Waals surface area contributed by atoms with Gasteiger partial charge < -0.3 is 10.4 Å². The van der Waals surface area contributed by atoms with Gasteiger partial charge in [0, 0.05) is 5.69 Å². The van der Waals surface area contributed by atoms with Crippen molar-refractivity contribution in [1.82, 2.24) is 10.3 Å². The summed E-state index contributed by atoms with van der Waals surface area (Å²) in [7, 11) is 0. The molecule has 0 bridgehead atoms. The molecule has 0 fully saturated rings. The number of benzene rings is 1. The van der Waals surface area contributed by atoms with E-state index in [0.717, 1.165) is 28.8 Å². The van der Waals surface area contributed by atoms with Gasteiger partial charge in [-0.2, -0.15) is 0 Å². The van der Waals surface area contributed by atoms with Crippen LogP contribution in [0.15, 0.2) is 30.3 Å². The molecule has 1 aliphatic rings. The molecule has 1 aromatic heterocycles. The number of fused-ring (bicyclic) bond motifs is 1. The lowest BCUT2D eigenvalue weighted by Gasteiger charge is -2.24. The van der Waals surface area contributed by atoms with Crippen molar-refractivity contribution >= 4 is 17.5 Å². The molecular weight excluding hydrogens is 312 g/mol. The van der Waals surface area contributed by atoms with E-state index in [4.69, 9.17) is 11.6 Å². The normalized spacial score (nSPS) is 19.5. The summed E-state index contributed by atoms with van der Waals surface area (Å²) in [6, 6.07) is 9.62. The third kappa shape index (κ3) is 2.96. The number of carbonyl (C=O) groups excluding carboxylic acids is 1. The minimum atomic E-state index is -1.02. The summed E-state index contributed by atoms with van der Waals surface area (Å²) in [6.45, 7) is 3.82. The molecule has 1 heterocycles. The van der Waals surface area contributed by atoms with Crippen LogP contribution in [0.3, 0.4) is 0 Å². The van der Waals surface area contributed by atoms with E-state index in [1.54, 1.807) is 0 Å². The lowest BCUT2D eigenvalue weighted by molar-refractivity contribution is 0.0369. The standard InChI is InChI=1S/C18H19ClN2O2/c1-11-9-12(2)21-16(19)15(11)17(22)20-10-18(23)8-7-13-5-3-4-6-14(13)18/h3-6,9,23H,7-8,10H2,1-2H3,(H,20,22). The molecule has 3 rings (SSSR count). The summed E-state index contributed by atoms with van der Waals surface area (Å²) in [5.41, 5.74) is 2.92. The molecule has 1 amide bonds. The third-order valence-corrected chi connectivity index (χ3v) is 4.67. The average molecular weight is 331 g/mol. The number of halogens is 1. The van der Waals surface area contributed by atoms with Crippen LogP contribution in [0.4, 0.5) is 0 Å². The highest BCUT2D eigenvalue weighted by Crippen LogP contribution is 2.36. The van der Waals surface area contributed by atoms with Gasteiger partial charge in [0.25, 0.3) is 5.91 Å². The lowest BCUT2D eigenvalue weighted by Crippen LogP contribution is -2.39. The molecule has 4 nitrogen and oxygen atoms in total. The molecule has 0 saturated carbocycles. The van der Waals surface area contributed by atoms with Gasteiger partial charge in [0.2, 0.25) is 0 Å². The number of aliphatic hydroxyl groups is 1. The highest BCUT2D eigenvalue weighted by atomic mass is 35.5. The predicted molar refractivity (Wildman–Crippen MR) is 89.7 cm³/mol. The fraction of sp³-hybridized carbons (Fsp3) is 0.333. The number of aromatic nitrogens is 1. The maximum atomic E-state index is 12.5. The van der Waals surface area contributed by atoms with Gasteiger partial charge in [-0.1, -0.05) is 35.9 Å². The van der Waals surface area contributed by atoms with Gasteiger partial charge in [-0.05, 0) is 49.4 Å². The van der Waals surface area contributed by atoms with Crippen molar-refractivity contribution in [3.63, 3.8) is 0 Å². The molecular formula is C18H19ClN2O2. The van der Waals surface area contributed by atoms with Gasteiger partial charge in [-0.3, -0.25) is 4.79 Å². The second kappa shape index (κ2) is 5.95. The maximum Gasteiger partial charge on any atom is 0.254 e. The second-order valence-electron chi connectivity index (χ2n) is 6.12. The van der Waals surface area contributed by atoms with Crippen molar-refractivity contribution in [1.29, 1.82) is 0 Å². The Kier molecular flexibility index (Phi) is 4.13. The first-order chi connectivity index (χ1) is 10.9. The Hall–Kier alpha value is -1.91. The monoisotopic (exact) mass is 330 g/mol. The number of carbonyl (C=O) groups is 1. The van der Waals surface area contributed by atoms with Crippen LogP contribution in [0, 0.1) is 13.8 Å². The number of amides is 1. The van der Waals surface area contributed by atoms with Gasteiger partial charge in [0.15, 0.2) is 0 Å². The Labute approximate surface area is 140 Å². The van der Waals surface area contributed by atoms with Crippen molar-refractivity contribution in [2.24, 2.45) is 0 Å². The first-order valence-corrected chi connectivity index (χ1v) is 8.01. The van der Waals surface area contributed by atoms with Crippen LogP contribution in [-0.2, 0) is 12.0 Å². The van der Waals surface area contributed by atoms with Crippen LogP contribution in [0.1, 0.15) is 39.2 Å². The average Bonchev–Trinajstić information content (AvgIpc) is 2.83. The van der Waals surface area contributed by atoms with Gasteiger partial charge in [-0.25, -0.2) is 4.98 Å². The molecule has 0 spiro atoms. The largest absolute Gasteiger partial charge is 0.383 e. The van der Waals surface area contributed by atoms with Gasteiger partial charge >= 0.3 is 0 Å². The lowest BCUT2D eigenvalue weighted by atomic mass is 9.96. The predicted octanol–water partition coefficient (Wildman–Crippen LogP) is 2.92. The smallest absolute Gasteiger partial charge is 0.254 e. The van der Waals surface area contributed by atoms with Crippen LogP contribution < -0.4 is 5.32 Å². The van der Waals surface area contributed by atoms with E-state index < -0.39 is 5.60 Å². The summed E-state index contributed by atoms with van der Waals surface area (Å²) in [6.07, 6.45) is 1.42. The van der Waals surface area contributed by atoms with E-state index in [-0.39, 0.29) is 17.6 Å². The first-order valence-electron chi connectivity index (χ1n) is 7.63. The molecule has 1 unspecified atom stereocenters. The number of hydrogen-bond donors (Lipinski definition) is 2. The van der Waals surface area contributed by atoms with Crippen molar-refractivity contribution in [3.8, 4) is 0 Å². The summed E-state index contributed by atoms with van der Waals surface area (Å²) in [5.74, 6) is -0.308. The number of nitrogens with zero attached hydrogens (tertiary/aromatic N) is 1. The molecule has 2 N–H and O–H groups in total. The van der Waals surface area contributed by atoms with Crippen LogP contribution in [0.5, 0.6) is 0 Å². The van der Waals surface area contributed by atoms with E-state index in [1.807, 2.05) is 44.2 Å². The fourth-order valence-corrected chi connectivity index (χ4v) is 3.60. The fourth-order valence-electron chi connectivity index (χ4n) is 3.23. The molecule has 0 saturated heterocycles. The van der Waals surface area contributed by atoms with Crippen LogP contribution in [-0.4, -0.2) is 22.5 Å². The molecule has 5 heteroatoms. The topological polar surface area (TPSA) is 62.2 Å². The quantitative estimate of drug-likeness (QED) is 0.851. The third-order valence-electron chi connectivity index (χ3n) is 4.40. The van der Waals surface area contributed by atoms with Crippen LogP contribution in [0.25, 0.3) is 0 Å². The number of hydrogen-bond acceptors (Lipinski definition) is 3. The molecule has 1 aliphatic carbocycles. The van der Waals surface area contributed by atoms with Crippen molar-refractivity contribution in [2.45, 2.75) is 32.3 Å². The van der Waals surface area contributed by atoms with Crippen LogP contribution in [0.2, 0.25) is 5.15 Å². The first kappa shape index (κ1) is 16.0. The summed E-state index contributed by atoms with van der Waals surface area (Å²) in [5, 5.41) is 13.9. The van der Waals surface area contributed by atoms with E-state index >= 15 is 0 Å². The van der Waals surface area contributed by atoms with Crippen molar-refractivity contribution in [2.75, 3.05) is 6.54 Å². The molecule has 1 aromatic carbocycles. The zero-order valence-corrected chi connectivity index (χ0v) is 13.9. The van der Waals surface area contributed by atoms with Crippen molar-refractivity contribution in [3.05, 3.63) is 63.4 Å². The Bertz CT molecular complexity index is 752. The molecule has 23 heavy (non-hydrogen) atoms. The number of nitrogens with one attached hydrogen (secondary N) is 1. The Morgan fingerprint density at radius 2 is 2.13 bits per heavy atom. The minimum Gasteiger partial charge on any atom is -0.383 e. The summed E-state index contributed by atoms with van der Waals surface area (Å²) in [4.78, 5) is 16.6. The minimum absolute atomic E-state index is 0.159. The maximum absolute atomic E-state index is 12.5. The van der Waals surface area contributed by atoms with E-state index in [0.29, 0.717) is 12.0 Å². The Morgan fingerprint density at radius 3 is 2.87 bits per heavy atom. The van der Waals surface area contributed by atoms with Crippen LogP contribution >= 0.6 is 11.6 Å². The summed E-state index contributed by atoms with van der Waals surface area (Å²) >= 11 is 6.11. The molecule has 0 aliphatic heterocycles. The van der Waals surface area contributed by atoms with Gasteiger partial charge in [0.1, 0.15) is 10.8 Å². The Balaban J connectivity index is 1.78. The van der Waals surface area contributed by atoms with Gasteiger partial charge in [0.05, 0.1) is 12.1 Å². The zero-order chi connectivity index (χ0) is 16.6. The molecule has 1 atom stereocenters. The Morgan fingerprint density at radius 1 is 1.39 bits per heavy atom. The summed E-state index contributed by atoms with van der Waals surface area (Å²) < 4.78 is 0. The SMILES string of the molecule is Cc1cc(C)c(C(=O)NCC2(O)CCc3ccccc32)c(Cl)n1. The van der Waals surface area contributed by atoms with E-state index in [1.165, 1.54) is 0 Å². The number of rotatable bonds is 3. The van der Waals surface area contributed by atoms with Crippen molar-refractivity contribution < 1.29 is 9.90 Å². The highest BCUT2D eigenvalue weighted by Gasteiger charge is 2.36. The highest BCUT2D eigenvalue weighted by molar-refractivity contribution is 6.32. The van der Waals surface area contributed by atoms with Gasteiger partial charge in [-0.15, -0.1) is 0 Å². The number of pyridine rings is 1. The molecule has 2 aromatic rings. The second-order valence-corrected chi connectivity index (χ2v) is 6.48.